The van der Waals surface area contributed by atoms with Crippen molar-refractivity contribution < 1.29 is 14.8 Å². The third-order valence-corrected chi connectivity index (χ3v) is 4.30. The van der Waals surface area contributed by atoms with E-state index in [-0.39, 0.29) is 21.8 Å². The Morgan fingerprint density at radius 3 is 2.75 bits per heavy atom. The van der Waals surface area contributed by atoms with Gasteiger partial charge in [-0.1, -0.05) is 18.9 Å². The minimum atomic E-state index is -0.551. The largest absolute Gasteiger partial charge is 0.391 e. The molecule has 0 radical (unpaired) electrons. The number of carbonyl (C=O) groups excluding carboxylic acids is 1. The van der Waals surface area contributed by atoms with Gasteiger partial charge in [0.05, 0.1) is 22.6 Å². The maximum atomic E-state index is 12.2. The normalized spacial score (nSPS) is 22.3. The first-order chi connectivity index (χ1) is 9.50. The van der Waals surface area contributed by atoms with Crippen molar-refractivity contribution in [3.63, 3.8) is 0 Å². The lowest BCUT2D eigenvalue weighted by atomic mass is 9.92. The van der Waals surface area contributed by atoms with Crippen LogP contribution in [-0.4, -0.2) is 28.1 Å². The molecule has 0 heterocycles. The highest BCUT2D eigenvalue weighted by Gasteiger charge is 2.26. The van der Waals surface area contributed by atoms with Crippen molar-refractivity contribution in [3.8, 4) is 0 Å². The summed E-state index contributed by atoms with van der Waals surface area (Å²) < 4.78 is 0.160. The van der Waals surface area contributed by atoms with Gasteiger partial charge in [0.1, 0.15) is 4.47 Å². The van der Waals surface area contributed by atoms with E-state index in [0.29, 0.717) is 6.42 Å². The highest BCUT2D eigenvalue weighted by Crippen LogP contribution is 2.28. The summed E-state index contributed by atoms with van der Waals surface area (Å²) in [6, 6.07) is 4.02. The summed E-state index contributed by atoms with van der Waals surface area (Å²) in [5, 5.41) is 23.4. The minimum absolute atomic E-state index is 0.151. The molecule has 20 heavy (non-hydrogen) atoms. The zero-order valence-electron chi connectivity index (χ0n) is 10.7. The van der Waals surface area contributed by atoms with Crippen molar-refractivity contribution in [1.82, 2.24) is 5.32 Å². The molecule has 0 unspecified atom stereocenters. The van der Waals surface area contributed by atoms with Crippen molar-refractivity contribution in [1.29, 1.82) is 0 Å². The lowest BCUT2D eigenvalue weighted by Crippen LogP contribution is -2.45. The van der Waals surface area contributed by atoms with Gasteiger partial charge in [-0.15, -0.1) is 0 Å². The first kappa shape index (κ1) is 14.9. The second kappa shape index (κ2) is 6.32. The molecule has 108 valence electrons. The molecule has 0 bridgehead atoms. The SMILES string of the molecule is O=C(N[C@H]1CCCC[C@@H]1O)c1cccc([N+](=O)[O-])c1Br. The van der Waals surface area contributed by atoms with Crippen LogP contribution in [0.4, 0.5) is 5.69 Å². The Balaban J connectivity index is 2.17. The van der Waals surface area contributed by atoms with Crippen molar-refractivity contribution >= 4 is 27.5 Å². The van der Waals surface area contributed by atoms with Gasteiger partial charge in [-0.25, -0.2) is 0 Å². The predicted octanol–water partition coefficient (Wildman–Crippen LogP) is 2.39. The Bertz CT molecular complexity index is 535. The molecule has 1 fully saturated rings. The molecule has 2 rings (SSSR count). The predicted molar refractivity (Wildman–Crippen MR) is 76.5 cm³/mol. The summed E-state index contributed by atoms with van der Waals surface area (Å²) in [5.74, 6) is -0.411. The van der Waals surface area contributed by atoms with Gasteiger partial charge in [0.2, 0.25) is 0 Å². The summed E-state index contributed by atoms with van der Waals surface area (Å²) in [6.07, 6.45) is 2.75. The number of hydrogen-bond acceptors (Lipinski definition) is 4. The zero-order valence-corrected chi connectivity index (χ0v) is 12.3. The van der Waals surface area contributed by atoms with Crippen molar-refractivity contribution in [2.45, 2.75) is 37.8 Å². The second-order valence-corrected chi connectivity index (χ2v) is 5.62. The van der Waals surface area contributed by atoms with Gasteiger partial charge in [-0.2, -0.15) is 0 Å². The van der Waals surface area contributed by atoms with Crippen LogP contribution in [0.2, 0.25) is 0 Å². The Morgan fingerprint density at radius 2 is 2.10 bits per heavy atom. The van der Waals surface area contributed by atoms with Crippen molar-refractivity contribution in [3.05, 3.63) is 38.3 Å². The van der Waals surface area contributed by atoms with E-state index in [1.54, 1.807) is 0 Å². The highest BCUT2D eigenvalue weighted by atomic mass is 79.9. The van der Waals surface area contributed by atoms with Crippen LogP contribution < -0.4 is 5.32 Å². The van der Waals surface area contributed by atoms with Crippen LogP contribution in [0, 0.1) is 10.1 Å². The molecule has 1 aromatic rings. The molecule has 0 aliphatic heterocycles. The standard InChI is InChI=1S/C13H15BrN2O4/c14-12-8(4-3-6-10(12)16(19)20)13(18)15-9-5-1-2-7-11(9)17/h3-4,6,9,11,17H,1-2,5,7H2,(H,15,18)/t9-,11-/m0/s1. The Kier molecular flexibility index (Phi) is 4.72. The topological polar surface area (TPSA) is 92.5 Å². The first-order valence-corrected chi connectivity index (χ1v) is 7.22. The van der Waals surface area contributed by atoms with E-state index < -0.39 is 16.9 Å². The Morgan fingerprint density at radius 1 is 1.40 bits per heavy atom. The fourth-order valence-electron chi connectivity index (χ4n) is 2.36. The van der Waals surface area contributed by atoms with E-state index >= 15 is 0 Å². The Labute approximate surface area is 124 Å². The third kappa shape index (κ3) is 3.16. The van der Waals surface area contributed by atoms with E-state index in [2.05, 4.69) is 21.2 Å². The molecule has 0 spiro atoms. The zero-order chi connectivity index (χ0) is 14.7. The number of nitrogens with zero attached hydrogens (tertiary/aromatic N) is 1. The molecular weight excluding hydrogens is 328 g/mol. The van der Waals surface area contributed by atoms with Crippen LogP contribution in [0.5, 0.6) is 0 Å². The summed E-state index contributed by atoms with van der Waals surface area (Å²) >= 11 is 3.10. The molecule has 1 aliphatic carbocycles. The number of nitro groups is 1. The molecular formula is C13H15BrN2O4. The minimum Gasteiger partial charge on any atom is -0.391 e. The molecule has 0 saturated heterocycles. The summed E-state index contributed by atoms with van der Waals surface area (Å²) in [6.45, 7) is 0. The first-order valence-electron chi connectivity index (χ1n) is 6.42. The summed E-state index contributed by atoms with van der Waals surface area (Å²) in [5.41, 5.74) is 0.0545. The molecule has 1 aliphatic rings. The van der Waals surface area contributed by atoms with Crippen LogP contribution in [0.25, 0.3) is 0 Å². The number of nitro benzene ring substituents is 1. The molecule has 2 N–H and O–H groups in total. The quantitative estimate of drug-likeness (QED) is 0.651. The van der Waals surface area contributed by atoms with Crippen LogP contribution >= 0.6 is 15.9 Å². The number of amides is 1. The molecule has 7 heteroatoms. The number of aliphatic hydroxyl groups excluding tert-OH is 1. The van der Waals surface area contributed by atoms with Gasteiger partial charge in [0.15, 0.2) is 0 Å². The Hall–Kier alpha value is -1.47. The summed E-state index contributed by atoms with van der Waals surface area (Å²) in [4.78, 5) is 22.5. The molecule has 1 saturated carbocycles. The lowest BCUT2D eigenvalue weighted by Gasteiger charge is -2.28. The number of rotatable bonds is 3. The maximum absolute atomic E-state index is 12.2. The third-order valence-electron chi connectivity index (χ3n) is 3.47. The molecule has 2 atom stereocenters. The number of halogens is 1. The molecule has 0 aromatic heterocycles. The van der Waals surface area contributed by atoms with E-state index in [9.17, 15) is 20.0 Å². The number of carbonyl (C=O) groups is 1. The average Bonchev–Trinajstić information content (AvgIpc) is 2.41. The lowest BCUT2D eigenvalue weighted by molar-refractivity contribution is -0.385. The molecule has 1 aromatic carbocycles. The smallest absolute Gasteiger partial charge is 0.284 e. The van der Waals surface area contributed by atoms with Crippen molar-refractivity contribution in [2.24, 2.45) is 0 Å². The van der Waals surface area contributed by atoms with E-state index in [1.807, 2.05) is 0 Å². The number of hydrogen-bond donors (Lipinski definition) is 2. The van der Waals surface area contributed by atoms with E-state index in [4.69, 9.17) is 0 Å². The molecule has 1 amide bonds. The van der Waals surface area contributed by atoms with Crippen LogP contribution in [0.3, 0.4) is 0 Å². The molecule has 6 nitrogen and oxygen atoms in total. The van der Waals surface area contributed by atoms with E-state index in [1.165, 1.54) is 18.2 Å². The van der Waals surface area contributed by atoms with Crippen LogP contribution in [0.1, 0.15) is 36.0 Å². The highest BCUT2D eigenvalue weighted by molar-refractivity contribution is 9.10. The van der Waals surface area contributed by atoms with Gasteiger partial charge in [-0.3, -0.25) is 14.9 Å². The van der Waals surface area contributed by atoms with Gasteiger partial charge >= 0.3 is 0 Å². The average molecular weight is 343 g/mol. The van der Waals surface area contributed by atoms with E-state index in [0.717, 1.165) is 19.3 Å². The van der Waals surface area contributed by atoms with Gasteiger partial charge < -0.3 is 10.4 Å². The van der Waals surface area contributed by atoms with Crippen LogP contribution in [0.15, 0.2) is 22.7 Å². The van der Waals surface area contributed by atoms with Gasteiger partial charge in [-0.05, 0) is 34.8 Å². The monoisotopic (exact) mass is 342 g/mol. The number of benzene rings is 1. The number of aliphatic hydroxyl groups is 1. The number of nitrogens with one attached hydrogen (secondary N) is 1. The fourth-order valence-corrected chi connectivity index (χ4v) is 2.95. The van der Waals surface area contributed by atoms with Gasteiger partial charge in [0, 0.05) is 6.07 Å². The van der Waals surface area contributed by atoms with Gasteiger partial charge in [0.25, 0.3) is 11.6 Å². The second-order valence-electron chi connectivity index (χ2n) is 4.83. The summed E-state index contributed by atoms with van der Waals surface area (Å²) in [7, 11) is 0. The fraction of sp³-hybridized carbons (Fsp3) is 0.462. The maximum Gasteiger partial charge on any atom is 0.284 e. The van der Waals surface area contributed by atoms with Crippen molar-refractivity contribution in [2.75, 3.05) is 0 Å². The van der Waals surface area contributed by atoms with Crippen LogP contribution in [-0.2, 0) is 0 Å².